The van der Waals surface area contributed by atoms with E-state index in [-0.39, 0.29) is 24.8 Å². The maximum Gasteiger partial charge on any atom is 0.231 e. The van der Waals surface area contributed by atoms with Crippen molar-refractivity contribution in [3.63, 3.8) is 0 Å². The number of fused-ring (bicyclic) bond motifs is 1. The maximum absolute atomic E-state index is 12.7. The lowest BCUT2D eigenvalue weighted by atomic mass is 10.1. The Morgan fingerprint density at radius 1 is 1.28 bits per heavy atom. The number of rotatable bonds is 4. The second-order valence-electron chi connectivity index (χ2n) is 7.47. The van der Waals surface area contributed by atoms with Gasteiger partial charge in [-0.2, -0.15) is 4.31 Å². The van der Waals surface area contributed by atoms with Crippen LogP contribution in [0.1, 0.15) is 22.6 Å². The SMILES string of the molecule is Cc1ccc(N2CC(C(=O)Nc3nc4c(s3)CN(S(C)(=O)=O)CC4)CC2=O)cc1. The Balaban J connectivity index is 1.42. The summed E-state index contributed by atoms with van der Waals surface area (Å²) in [4.78, 5) is 32.0. The minimum absolute atomic E-state index is 0.0729. The topological polar surface area (TPSA) is 99.7 Å². The van der Waals surface area contributed by atoms with E-state index >= 15 is 0 Å². The molecule has 2 aliphatic heterocycles. The van der Waals surface area contributed by atoms with Gasteiger partial charge in [-0.1, -0.05) is 17.7 Å². The highest BCUT2D eigenvalue weighted by atomic mass is 32.2. The van der Waals surface area contributed by atoms with Gasteiger partial charge in [0.25, 0.3) is 0 Å². The van der Waals surface area contributed by atoms with Crippen molar-refractivity contribution in [2.45, 2.75) is 26.3 Å². The Morgan fingerprint density at radius 3 is 2.69 bits per heavy atom. The summed E-state index contributed by atoms with van der Waals surface area (Å²) >= 11 is 1.29. The second kappa shape index (κ2) is 7.51. The first kappa shape index (κ1) is 20.0. The first-order valence-corrected chi connectivity index (χ1v) is 12.0. The largest absolute Gasteiger partial charge is 0.312 e. The molecule has 10 heteroatoms. The number of carbonyl (C=O) groups is 2. The quantitative estimate of drug-likeness (QED) is 0.790. The highest BCUT2D eigenvalue weighted by Gasteiger charge is 2.36. The summed E-state index contributed by atoms with van der Waals surface area (Å²) in [5.74, 6) is -0.757. The van der Waals surface area contributed by atoms with Crippen LogP contribution in [0.25, 0.3) is 0 Å². The molecule has 1 aromatic carbocycles. The van der Waals surface area contributed by atoms with E-state index in [0.29, 0.717) is 24.6 Å². The van der Waals surface area contributed by atoms with E-state index in [9.17, 15) is 18.0 Å². The number of anilines is 2. The molecule has 2 amide bonds. The zero-order valence-electron chi connectivity index (χ0n) is 16.2. The molecule has 0 saturated carbocycles. The molecule has 1 fully saturated rings. The molecule has 1 aromatic heterocycles. The summed E-state index contributed by atoms with van der Waals surface area (Å²) in [5, 5.41) is 3.27. The monoisotopic (exact) mass is 434 g/mol. The number of nitrogens with zero attached hydrogens (tertiary/aromatic N) is 3. The van der Waals surface area contributed by atoms with Crippen LogP contribution in [-0.2, 0) is 32.6 Å². The smallest absolute Gasteiger partial charge is 0.231 e. The van der Waals surface area contributed by atoms with Crippen molar-refractivity contribution in [3.05, 3.63) is 40.4 Å². The molecule has 1 unspecified atom stereocenters. The number of sulfonamides is 1. The van der Waals surface area contributed by atoms with Crippen molar-refractivity contribution in [1.82, 2.24) is 9.29 Å². The number of aryl methyl sites for hydroxylation is 1. The van der Waals surface area contributed by atoms with Gasteiger partial charge in [-0.05, 0) is 19.1 Å². The second-order valence-corrected chi connectivity index (χ2v) is 10.5. The van der Waals surface area contributed by atoms with Crippen LogP contribution in [0.4, 0.5) is 10.8 Å². The van der Waals surface area contributed by atoms with Gasteiger partial charge in [0.1, 0.15) is 0 Å². The Labute approximate surface area is 173 Å². The fourth-order valence-electron chi connectivity index (χ4n) is 3.57. The zero-order chi connectivity index (χ0) is 20.8. The van der Waals surface area contributed by atoms with Crippen LogP contribution in [0.2, 0.25) is 0 Å². The third-order valence-electron chi connectivity index (χ3n) is 5.24. The molecule has 3 heterocycles. The minimum Gasteiger partial charge on any atom is -0.312 e. The van der Waals surface area contributed by atoms with Gasteiger partial charge in [-0.3, -0.25) is 9.59 Å². The van der Waals surface area contributed by atoms with Gasteiger partial charge in [0.15, 0.2) is 5.13 Å². The van der Waals surface area contributed by atoms with E-state index in [4.69, 9.17) is 0 Å². The Morgan fingerprint density at radius 2 is 2.00 bits per heavy atom. The predicted octanol–water partition coefficient (Wildman–Crippen LogP) is 1.76. The Kier molecular flexibility index (Phi) is 5.18. The van der Waals surface area contributed by atoms with E-state index in [1.807, 2.05) is 31.2 Å². The highest BCUT2D eigenvalue weighted by Crippen LogP contribution is 2.31. The first-order valence-electron chi connectivity index (χ1n) is 9.32. The molecule has 0 aliphatic carbocycles. The molecular formula is C19H22N4O4S2. The van der Waals surface area contributed by atoms with Crippen molar-refractivity contribution in [3.8, 4) is 0 Å². The Hall–Kier alpha value is -2.30. The zero-order valence-corrected chi connectivity index (χ0v) is 17.8. The summed E-state index contributed by atoms with van der Waals surface area (Å²) in [6.45, 7) is 2.99. The van der Waals surface area contributed by atoms with Crippen LogP contribution in [0.3, 0.4) is 0 Å². The minimum atomic E-state index is -3.25. The van der Waals surface area contributed by atoms with Crippen molar-refractivity contribution < 1.29 is 18.0 Å². The number of benzene rings is 1. The molecule has 154 valence electrons. The van der Waals surface area contributed by atoms with Gasteiger partial charge >= 0.3 is 0 Å². The van der Waals surface area contributed by atoms with Crippen LogP contribution < -0.4 is 10.2 Å². The average molecular weight is 435 g/mol. The number of nitrogens with one attached hydrogen (secondary N) is 1. The molecule has 29 heavy (non-hydrogen) atoms. The van der Waals surface area contributed by atoms with Gasteiger partial charge in [0.05, 0.1) is 17.9 Å². The summed E-state index contributed by atoms with van der Waals surface area (Å²) < 4.78 is 24.9. The van der Waals surface area contributed by atoms with Gasteiger partial charge in [0, 0.05) is 43.0 Å². The van der Waals surface area contributed by atoms with Crippen molar-refractivity contribution in [1.29, 1.82) is 0 Å². The van der Waals surface area contributed by atoms with E-state index in [0.717, 1.165) is 21.8 Å². The Bertz CT molecular complexity index is 1060. The lowest BCUT2D eigenvalue weighted by Crippen LogP contribution is -2.34. The molecule has 1 atom stereocenters. The first-order chi connectivity index (χ1) is 13.7. The van der Waals surface area contributed by atoms with Crippen LogP contribution in [0, 0.1) is 12.8 Å². The highest BCUT2D eigenvalue weighted by molar-refractivity contribution is 7.88. The summed E-state index contributed by atoms with van der Waals surface area (Å²) in [7, 11) is -3.25. The molecule has 2 aromatic rings. The summed E-state index contributed by atoms with van der Waals surface area (Å²) in [6.07, 6.45) is 1.88. The van der Waals surface area contributed by atoms with Crippen LogP contribution in [0.5, 0.6) is 0 Å². The van der Waals surface area contributed by atoms with E-state index in [1.165, 1.54) is 21.9 Å². The number of hydrogen-bond acceptors (Lipinski definition) is 6. The normalized spacial score (nSPS) is 20.0. The van der Waals surface area contributed by atoms with Crippen LogP contribution in [0.15, 0.2) is 24.3 Å². The van der Waals surface area contributed by atoms with Gasteiger partial charge in [0.2, 0.25) is 21.8 Å². The molecule has 8 nitrogen and oxygen atoms in total. The lowest BCUT2D eigenvalue weighted by molar-refractivity contribution is -0.122. The van der Waals surface area contributed by atoms with E-state index < -0.39 is 15.9 Å². The average Bonchev–Trinajstić information content (AvgIpc) is 3.24. The third kappa shape index (κ3) is 4.19. The standard InChI is InChI=1S/C19H22N4O4S2/c1-12-3-5-14(6-4-12)23-10-13(9-17(23)24)18(25)21-19-20-15-7-8-22(29(2,26)27)11-16(15)28-19/h3-6,13H,7-11H2,1-2H3,(H,20,21,25). The van der Waals surface area contributed by atoms with E-state index in [2.05, 4.69) is 10.3 Å². The third-order valence-corrected chi connectivity index (χ3v) is 7.48. The summed E-state index contributed by atoms with van der Waals surface area (Å²) in [5.41, 5.74) is 2.73. The number of amides is 2. The molecule has 1 N–H and O–H groups in total. The van der Waals surface area contributed by atoms with Gasteiger partial charge in [-0.15, -0.1) is 11.3 Å². The summed E-state index contributed by atoms with van der Waals surface area (Å²) in [6, 6.07) is 7.65. The van der Waals surface area contributed by atoms with Crippen LogP contribution >= 0.6 is 11.3 Å². The number of hydrogen-bond donors (Lipinski definition) is 1. The molecule has 1 saturated heterocycles. The van der Waals surface area contributed by atoms with Crippen molar-refractivity contribution >= 4 is 44.0 Å². The van der Waals surface area contributed by atoms with Crippen molar-refractivity contribution in [2.24, 2.45) is 5.92 Å². The fourth-order valence-corrected chi connectivity index (χ4v) is 5.47. The van der Waals surface area contributed by atoms with E-state index in [1.54, 1.807) is 4.90 Å². The fraction of sp³-hybridized carbons (Fsp3) is 0.421. The van der Waals surface area contributed by atoms with Crippen molar-refractivity contribution in [2.75, 3.05) is 29.6 Å². The van der Waals surface area contributed by atoms with Crippen LogP contribution in [-0.4, -0.2) is 48.9 Å². The molecule has 2 aliphatic rings. The predicted molar refractivity (Wildman–Crippen MR) is 111 cm³/mol. The van der Waals surface area contributed by atoms with Gasteiger partial charge < -0.3 is 10.2 Å². The maximum atomic E-state index is 12.7. The molecule has 0 radical (unpaired) electrons. The molecular weight excluding hydrogens is 412 g/mol. The lowest BCUT2D eigenvalue weighted by Gasteiger charge is -2.23. The molecule has 4 rings (SSSR count). The number of aromatic nitrogens is 1. The molecule has 0 bridgehead atoms. The molecule has 0 spiro atoms. The van der Waals surface area contributed by atoms with Gasteiger partial charge in [-0.25, -0.2) is 13.4 Å². The number of thiazole rings is 1. The number of carbonyl (C=O) groups excluding carboxylic acids is 2.